The Morgan fingerprint density at radius 1 is 1.04 bits per heavy atom. The summed E-state index contributed by atoms with van der Waals surface area (Å²) >= 11 is 0. The van der Waals surface area contributed by atoms with Crippen molar-refractivity contribution in [1.29, 1.82) is 0 Å². The number of esters is 3. The molecule has 0 atom stereocenters. The molecule has 8 heteroatoms. The standard InChI is InChI=1S/C15H16O8/c1-21-13(18)4-5-14(19)22-6-2-3-15(20)23-12-8-10(16)7-11(17)9-12/h4-5,7-9,16-17H,2-3,6H2,1H3/b5-4-. The van der Waals surface area contributed by atoms with Gasteiger partial charge in [0.05, 0.1) is 13.7 Å². The largest absolute Gasteiger partial charge is 0.508 e. The van der Waals surface area contributed by atoms with E-state index in [4.69, 9.17) is 9.47 Å². The van der Waals surface area contributed by atoms with Crippen LogP contribution >= 0.6 is 0 Å². The summed E-state index contributed by atoms with van der Waals surface area (Å²) < 4.78 is 14.0. The van der Waals surface area contributed by atoms with E-state index in [2.05, 4.69) is 4.74 Å². The number of hydrogen-bond donors (Lipinski definition) is 2. The van der Waals surface area contributed by atoms with E-state index in [1.54, 1.807) is 0 Å². The summed E-state index contributed by atoms with van der Waals surface area (Å²) in [6.45, 7) is -0.0370. The Hall–Kier alpha value is -3.03. The van der Waals surface area contributed by atoms with Crippen LogP contribution in [-0.2, 0) is 23.9 Å². The Morgan fingerprint density at radius 3 is 2.26 bits per heavy atom. The molecule has 0 heterocycles. The zero-order valence-corrected chi connectivity index (χ0v) is 12.4. The molecule has 0 spiro atoms. The Morgan fingerprint density at radius 2 is 1.65 bits per heavy atom. The summed E-state index contributed by atoms with van der Waals surface area (Å²) in [5, 5.41) is 18.5. The molecule has 1 rings (SSSR count). The quantitative estimate of drug-likeness (QED) is 0.331. The molecule has 2 N–H and O–H groups in total. The number of hydrogen-bond acceptors (Lipinski definition) is 8. The number of aromatic hydroxyl groups is 2. The minimum Gasteiger partial charge on any atom is -0.508 e. The van der Waals surface area contributed by atoms with E-state index in [1.165, 1.54) is 19.2 Å². The van der Waals surface area contributed by atoms with Crippen LogP contribution < -0.4 is 4.74 Å². The third kappa shape index (κ3) is 7.51. The van der Waals surface area contributed by atoms with Gasteiger partial charge in [0.15, 0.2) is 0 Å². The molecular weight excluding hydrogens is 308 g/mol. The van der Waals surface area contributed by atoms with Crippen LogP contribution in [0.5, 0.6) is 17.2 Å². The molecule has 0 fully saturated rings. The maximum Gasteiger partial charge on any atom is 0.331 e. The lowest BCUT2D eigenvalue weighted by atomic mass is 10.3. The fourth-order valence-electron chi connectivity index (χ4n) is 1.45. The Bertz CT molecular complexity index is 585. The molecule has 0 bridgehead atoms. The van der Waals surface area contributed by atoms with Gasteiger partial charge in [-0.2, -0.15) is 0 Å². The molecule has 0 aliphatic heterocycles. The minimum absolute atomic E-state index is 0.00510. The average Bonchev–Trinajstić information content (AvgIpc) is 2.48. The molecule has 124 valence electrons. The number of carbonyl (C=O) groups excluding carboxylic acids is 3. The first-order chi connectivity index (χ1) is 10.9. The summed E-state index contributed by atoms with van der Waals surface area (Å²) in [6.07, 6.45) is 2.01. The normalized spacial score (nSPS) is 10.3. The molecule has 1 aromatic carbocycles. The highest BCUT2D eigenvalue weighted by Crippen LogP contribution is 2.25. The lowest BCUT2D eigenvalue weighted by Gasteiger charge is -2.05. The summed E-state index contributed by atoms with van der Waals surface area (Å²) in [7, 11) is 1.18. The van der Waals surface area contributed by atoms with E-state index < -0.39 is 17.9 Å². The first-order valence-electron chi connectivity index (χ1n) is 6.57. The fraction of sp³-hybridized carbons (Fsp3) is 0.267. The van der Waals surface area contributed by atoms with E-state index in [-0.39, 0.29) is 36.7 Å². The number of rotatable bonds is 7. The second kappa shape index (κ2) is 9.08. The van der Waals surface area contributed by atoms with Gasteiger partial charge in [0.1, 0.15) is 17.2 Å². The van der Waals surface area contributed by atoms with Crippen molar-refractivity contribution < 1.29 is 38.8 Å². The van der Waals surface area contributed by atoms with Gasteiger partial charge in [0.2, 0.25) is 0 Å². The number of carbonyl (C=O) groups is 3. The van der Waals surface area contributed by atoms with Gasteiger partial charge in [-0.3, -0.25) is 4.79 Å². The Balaban J connectivity index is 2.27. The van der Waals surface area contributed by atoms with Crippen molar-refractivity contribution in [3.8, 4) is 17.2 Å². The average molecular weight is 324 g/mol. The molecule has 8 nitrogen and oxygen atoms in total. The van der Waals surface area contributed by atoms with Gasteiger partial charge >= 0.3 is 17.9 Å². The molecule has 0 unspecified atom stereocenters. The maximum absolute atomic E-state index is 11.5. The van der Waals surface area contributed by atoms with E-state index >= 15 is 0 Å². The van der Waals surface area contributed by atoms with Crippen molar-refractivity contribution in [1.82, 2.24) is 0 Å². The van der Waals surface area contributed by atoms with E-state index in [0.29, 0.717) is 0 Å². The minimum atomic E-state index is -0.735. The second-order valence-corrected chi connectivity index (χ2v) is 4.29. The topological polar surface area (TPSA) is 119 Å². The van der Waals surface area contributed by atoms with Crippen molar-refractivity contribution in [3.05, 3.63) is 30.4 Å². The molecule has 0 aliphatic rings. The lowest BCUT2D eigenvalue weighted by molar-refractivity contribution is -0.140. The zero-order valence-electron chi connectivity index (χ0n) is 12.4. The van der Waals surface area contributed by atoms with Gasteiger partial charge < -0.3 is 24.4 Å². The summed E-state index contributed by atoms with van der Waals surface area (Å²) in [4.78, 5) is 33.5. The zero-order chi connectivity index (χ0) is 17.2. The first-order valence-corrected chi connectivity index (χ1v) is 6.57. The number of ether oxygens (including phenoxy) is 3. The van der Waals surface area contributed by atoms with Gasteiger partial charge in [0, 0.05) is 36.8 Å². The van der Waals surface area contributed by atoms with Crippen molar-refractivity contribution in [2.24, 2.45) is 0 Å². The predicted octanol–water partition coefficient (Wildman–Crippen LogP) is 1.06. The maximum atomic E-state index is 11.5. The van der Waals surface area contributed by atoms with E-state index in [9.17, 15) is 24.6 Å². The second-order valence-electron chi connectivity index (χ2n) is 4.29. The van der Waals surface area contributed by atoms with Crippen molar-refractivity contribution in [2.45, 2.75) is 12.8 Å². The number of benzene rings is 1. The number of methoxy groups -OCH3 is 1. The van der Waals surface area contributed by atoms with Crippen LogP contribution in [0.25, 0.3) is 0 Å². The third-order valence-electron chi connectivity index (χ3n) is 2.43. The predicted molar refractivity (Wildman–Crippen MR) is 76.8 cm³/mol. The van der Waals surface area contributed by atoms with Crippen LogP contribution in [0.2, 0.25) is 0 Å². The molecule has 1 aromatic rings. The highest BCUT2D eigenvalue weighted by atomic mass is 16.5. The van der Waals surface area contributed by atoms with Crippen LogP contribution in [-0.4, -0.2) is 41.8 Å². The molecule has 0 radical (unpaired) electrons. The fourth-order valence-corrected chi connectivity index (χ4v) is 1.45. The molecule has 0 aromatic heterocycles. The lowest BCUT2D eigenvalue weighted by Crippen LogP contribution is -2.10. The van der Waals surface area contributed by atoms with Gasteiger partial charge in [-0.25, -0.2) is 9.59 Å². The highest BCUT2D eigenvalue weighted by molar-refractivity contribution is 5.91. The monoisotopic (exact) mass is 324 g/mol. The SMILES string of the molecule is COC(=O)/C=C\C(=O)OCCCC(=O)Oc1cc(O)cc(O)c1. The van der Waals surface area contributed by atoms with Crippen molar-refractivity contribution in [3.63, 3.8) is 0 Å². The summed E-state index contributed by atoms with van der Waals surface area (Å²) in [5.74, 6) is -2.50. The Kier molecular flexibility index (Phi) is 7.12. The van der Waals surface area contributed by atoms with Crippen molar-refractivity contribution in [2.75, 3.05) is 13.7 Å². The van der Waals surface area contributed by atoms with E-state index in [1.807, 2.05) is 0 Å². The molecule has 0 amide bonds. The van der Waals surface area contributed by atoms with E-state index in [0.717, 1.165) is 18.2 Å². The summed E-state index contributed by atoms with van der Waals surface area (Å²) in [6, 6.07) is 3.45. The van der Waals surface area contributed by atoms with Crippen LogP contribution in [0, 0.1) is 0 Å². The molecule has 23 heavy (non-hydrogen) atoms. The molecule has 0 saturated heterocycles. The summed E-state index contributed by atoms with van der Waals surface area (Å²) in [5.41, 5.74) is 0. The van der Waals surface area contributed by atoms with Crippen LogP contribution in [0.3, 0.4) is 0 Å². The van der Waals surface area contributed by atoms with Crippen molar-refractivity contribution >= 4 is 17.9 Å². The molecular formula is C15H16O8. The van der Waals surface area contributed by atoms with Gasteiger partial charge in [0.25, 0.3) is 0 Å². The van der Waals surface area contributed by atoms with Gasteiger partial charge in [-0.1, -0.05) is 0 Å². The van der Waals surface area contributed by atoms with Crippen LogP contribution in [0.1, 0.15) is 12.8 Å². The Labute approximate surface area is 131 Å². The first kappa shape index (κ1) is 18.0. The molecule has 0 saturated carbocycles. The van der Waals surface area contributed by atoms with Gasteiger partial charge in [-0.05, 0) is 6.42 Å². The smallest absolute Gasteiger partial charge is 0.331 e. The van der Waals surface area contributed by atoms with Crippen LogP contribution in [0.4, 0.5) is 0 Å². The third-order valence-corrected chi connectivity index (χ3v) is 2.43. The van der Waals surface area contributed by atoms with Crippen LogP contribution in [0.15, 0.2) is 30.4 Å². The van der Waals surface area contributed by atoms with Gasteiger partial charge in [-0.15, -0.1) is 0 Å². The highest BCUT2D eigenvalue weighted by Gasteiger charge is 2.08. The molecule has 0 aliphatic carbocycles. The number of phenols is 2. The number of phenolic OH excluding ortho intramolecular Hbond substituents is 2.